The number of aliphatic hydroxyl groups excluding tert-OH is 1. The number of nitrogens with zero attached hydrogens (tertiary/aromatic N) is 2. The molecule has 4 heterocycles. The lowest BCUT2D eigenvalue weighted by molar-refractivity contribution is 0.00706. The van der Waals surface area contributed by atoms with Gasteiger partial charge in [0.1, 0.15) is 29.9 Å². The van der Waals surface area contributed by atoms with Gasteiger partial charge in [0.15, 0.2) is 11.8 Å². The minimum Gasteiger partial charge on any atom is -0.456 e. The fourth-order valence-electron chi connectivity index (χ4n) is 4.68. The van der Waals surface area contributed by atoms with Crippen LogP contribution < -0.4 is 10.1 Å². The Morgan fingerprint density at radius 3 is 3.00 bits per heavy atom. The van der Waals surface area contributed by atoms with Crippen LogP contribution in [-0.2, 0) is 15.9 Å². The van der Waals surface area contributed by atoms with Gasteiger partial charge in [0.25, 0.3) is 6.01 Å². The fraction of sp³-hybridized carbons (Fsp3) is 0.429. The van der Waals surface area contributed by atoms with Gasteiger partial charge in [-0.05, 0) is 30.5 Å². The van der Waals surface area contributed by atoms with Crippen molar-refractivity contribution in [1.29, 1.82) is 0 Å². The molecule has 31 heavy (non-hydrogen) atoms. The molecule has 10 heteroatoms. The van der Waals surface area contributed by atoms with Crippen LogP contribution in [0.25, 0.3) is 11.2 Å². The number of hydrogen-bond donors (Lipinski definition) is 3. The number of rotatable bonds is 4. The topological polar surface area (TPSA) is 102 Å². The second kappa shape index (κ2) is 7.30. The minimum atomic E-state index is -0.645. The number of ether oxygens (including phenoxy) is 3. The zero-order valence-corrected chi connectivity index (χ0v) is 17.1. The number of hydrogen-bond acceptors (Lipinski definition) is 7. The van der Waals surface area contributed by atoms with E-state index in [4.69, 9.17) is 25.8 Å². The molecule has 3 aliphatic rings. The first kappa shape index (κ1) is 19.2. The number of anilines is 1. The van der Waals surface area contributed by atoms with E-state index in [1.165, 1.54) is 6.07 Å². The normalized spacial score (nSPS) is 29.3. The predicted octanol–water partition coefficient (Wildman–Crippen LogP) is 2.76. The van der Waals surface area contributed by atoms with Crippen molar-refractivity contribution in [3.63, 3.8) is 0 Å². The molecule has 1 aromatic carbocycles. The number of imidazole rings is 1. The van der Waals surface area contributed by atoms with Crippen molar-refractivity contribution in [1.82, 2.24) is 15.0 Å². The Kier molecular flexibility index (Phi) is 4.53. The van der Waals surface area contributed by atoms with E-state index in [0.29, 0.717) is 34.2 Å². The van der Waals surface area contributed by atoms with Gasteiger partial charge in [-0.1, -0.05) is 23.7 Å². The van der Waals surface area contributed by atoms with Gasteiger partial charge in [-0.25, -0.2) is 9.37 Å². The van der Waals surface area contributed by atoms with Crippen molar-refractivity contribution in [3.8, 4) is 6.01 Å². The third-order valence-corrected chi connectivity index (χ3v) is 6.44. The van der Waals surface area contributed by atoms with E-state index in [1.54, 1.807) is 12.1 Å². The molecule has 1 aliphatic carbocycles. The van der Waals surface area contributed by atoms with E-state index < -0.39 is 6.10 Å². The van der Waals surface area contributed by atoms with Gasteiger partial charge in [-0.2, -0.15) is 4.98 Å². The Balaban J connectivity index is 1.24. The molecule has 162 valence electrons. The molecule has 0 bridgehead atoms. The highest BCUT2D eigenvalue weighted by atomic mass is 35.5. The number of aromatic amines is 1. The van der Waals surface area contributed by atoms with E-state index in [9.17, 15) is 9.50 Å². The van der Waals surface area contributed by atoms with Gasteiger partial charge < -0.3 is 29.6 Å². The molecule has 0 saturated carbocycles. The molecule has 3 aromatic rings. The van der Waals surface area contributed by atoms with Crippen LogP contribution in [0.15, 0.2) is 24.3 Å². The van der Waals surface area contributed by atoms with Crippen LogP contribution >= 0.6 is 11.6 Å². The summed E-state index contributed by atoms with van der Waals surface area (Å²) in [5.74, 6) is 0.219. The number of pyridine rings is 1. The number of nitrogens with one attached hydrogen (secondary N) is 2. The maximum atomic E-state index is 14.3. The van der Waals surface area contributed by atoms with Crippen LogP contribution in [0, 0.1) is 5.82 Å². The van der Waals surface area contributed by atoms with E-state index in [2.05, 4.69) is 20.3 Å². The second-order valence-electron chi connectivity index (χ2n) is 8.10. The quantitative estimate of drug-likeness (QED) is 0.566. The zero-order chi connectivity index (χ0) is 21.1. The largest absolute Gasteiger partial charge is 0.456 e. The summed E-state index contributed by atoms with van der Waals surface area (Å²) in [5, 5.41) is 13.5. The third-order valence-electron chi connectivity index (χ3n) is 6.15. The van der Waals surface area contributed by atoms with Crippen LogP contribution in [0.2, 0.25) is 5.02 Å². The summed E-state index contributed by atoms with van der Waals surface area (Å²) in [7, 11) is 0. The van der Waals surface area contributed by atoms with E-state index in [-0.39, 0.29) is 42.8 Å². The van der Waals surface area contributed by atoms with Crippen molar-refractivity contribution >= 4 is 28.6 Å². The summed E-state index contributed by atoms with van der Waals surface area (Å²) in [4.78, 5) is 12.0. The Labute approximate surface area is 181 Å². The minimum absolute atomic E-state index is 0.202. The summed E-state index contributed by atoms with van der Waals surface area (Å²) >= 11 is 6.44. The standard InChI is InChI=1S/C21H20ClFN4O4/c22-10-6-13-20(26-19(10)24-12-5-4-9-2-1-3-11(23)16(9)12)27-21(25-13)31-15-8-30-17-14(28)7-29-18(15)17/h1-3,6,12,14-15,17-18,28H,4-5,7-8H2,(H2,24,25,26,27)/t12-,14-,15-,17-,18-/m1/s1. The number of H-pyrrole nitrogens is 1. The number of benzene rings is 1. The first-order chi connectivity index (χ1) is 15.1. The van der Waals surface area contributed by atoms with Gasteiger partial charge in [-0.15, -0.1) is 0 Å². The Hall–Kier alpha value is -2.46. The fourth-order valence-corrected chi connectivity index (χ4v) is 4.89. The van der Waals surface area contributed by atoms with E-state index >= 15 is 0 Å². The highest BCUT2D eigenvalue weighted by Gasteiger charge is 2.48. The first-order valence-corrected chi connectivity index (χ1v) is 10.6. The van der Waals surface area contributed by atoms with Crippen molar-refractivity contribution in [2.45, 2.75) is 43.3 Å². The summed E-state index contributed by atoms with van der Waals surface area (Å²) in [5.41, 5.74) is 2.71. The van der Waals surface area contributed by atoms with Crippen molar-refractivity contribution in [2.75, 3.05) is 18.5 Å². The van der Waals surface area contributed by atoms with Crippen LogP contribution in [-0.4, -0.2) is 57.7 Å². The van der Waals surface area contributed by atoms with Gasteiger partial charge in [-0.3, -0.25) is 0 Å². The molecular formula is C21H20ClFN4O4. The smallest absolute Gasteiger partial charge is 0.296 e. The second-order valence-corrected chi connectivity index (χ2v) is 8.51. The van der Waals surface area contributed by atoms with Gasteiger partial charge >= 0.3 is 0 Å². The molecule has 2 aromatic heterocycles. The Morgan fingerprint density at radius 2 is 2.10 bits per heavy atom. The SMILES string of the molecule is O[C@@H]1CO[C@H]2[C@@H]1OC[C@H]2Oc1nc2nc(N[C@@H]3CCc4cccc(F)c43)c(Cl)cc2[nH]1. The monoisotopic (exact) mass is 446 g/mol. The molecule has 0 spiro atoms. The van der Waals surface area contributed by atoms with Crippen molar-refractivity contribution in [3.05, 3.63) is 46.2 Å². The molecule has 3 N–H and O–H groups in total. The van der Waals surface area contributed by atoms with Crippen molar-refractivity contribution in [2.24, 2.45) is 0 Å². The van der Waals surface area contributed by atoms with Crippen LogP contribution in [0.3, 0.4) is 0 Å². The molecule has 6 rings (SSSR count). The van der Waals surface area contributed by atoms with Gasteiger partial charge in [0, 0.05) is 5.56 Å². The van der Waals surface area contributed by atoms with Gasteiger partial charge in [0.2, 0.25) is 0 Å². The molecule has 2 fully saturated rings. The number of aryl methyl sites for hydroxylation is 1. The van der Waals surface area contributed by atoms with E-state index in [0.717, 1.165) is 18.4 Å². The Morgan fingerprint density at radius 1 is 1.23 bits per heavy atom. The molecular weight excluding hydrogens is 427 g/mol. The summed E-state index contributed by atoms with van der Waals surface area (Å²) in [6, 6.07) is 6.93. The van der Waals surface area contributed by atoms with Crippen LogP contribution in [0.4, 0.5) is 10.2 Å². The average molecular weight is 447 g/mol. The Bertz CT molecular complexity index is 1160. The third kappa shape index (κ3) is 3.23. The van der Waals surface area contributed by atoms with Crippen LogP contribution in [0.1, 0.15) is 23.6 Å². The van der Waals surface area contributed by atoms with E-state index in [1.807, 2.05) is 6.07 Å². The number of aromatic nitrogens is 3. The highest BCUT2D eigenvalue weighted by Crippen LogP contribution is 2.37. The lowest BCUT2D eigenvalue weighted by atomic mass is 10.1. The average Bonchev–Trinajstić information content (AvgIpc) is 3.50. The zero-order valence-electron chi connectivity index (χ0n) is 16.3. The lowest BCUT2D eigenvalue weighted by Gasteiger charge is -2.16. The molecule has 5 atom stereocenters. The predicted molar refractivity (Wildman–Crippen MR) is 110 cm³/mol. The maximum Gasteiger partial charge on any atom is 0.296 e. The maximum absolute atomic E-state index is 14.3. The number of aliphatic hydroxyl groups is 1. The summed E-state index contributed by atoms with van der Waals surface area (Å²) in [6.45, 7) is 0.531. The number of halogens is 2. The summed E-state index contributed by atoms with van der Waals surface area (Å²) < 4.78 is 31.4. The first-order valence-electron chi connectivity index (χ1n) is 10.2. The lowest BCUT2D eigenvalue weighted by Crippen LogP contribution is -2.34. The molecule has 2 aliphatic heterocycles. The molecule has 2 saturated heterocycles. The molecule has 8 nitrogen and oxygen atoms in total. The summed E-state index contributed by atoms with van der Waals surface area (Å²) in [6.07, 6.45) is -0.186. The molecule has 0 unspecified atom stereocenters. The van der Waals surface area contributed by atoms with Crippen molar-refractivity contribution < 1.29 is 23.7 Å². The highest BCUT2D eigenvalue weighted by molar-refractivity contribution is 6.33. The van der Waals surface area contributed by atoms with Gasteiger partial charge in [0.05, 0.1) is 29.8 Å². The molecule has 0 radical (unpaired) electrons. The van der Waals surface area contributed by atoms with Crippen LogP contribution in [0.5, 0.6) is 6.01 Å². The number of fused-ring (bicyclic) bond motifs is 3. The molecule has 0 amide bonds.